The molecule has 1 aromatic rings. The van der Waals surface area contributed by atoms with Crippen molar-refractivity contribution in [2.45, 2.75) is 6.54 Å². The average molecular weight is 252 g/mol. The zero-order chi connectivity index (χ0) is 13.4. The predicted octanol–water partition coefficient (Wildman–Crippen LogP) is 1.22. The van der Waals surface area contributed by atoms with Crippen LogP contribution in [0.25, 0.3) is 0 Å². The van der Waals surface area contributed by atoms with Crippen LogP contribution < -0.4 is 11.1 Å². The van der Waals surface area contributed by atoms with E-state index in [0.717, 1.165) is 6.07 Å². The second-order valence-electron chi connectivity index (χ2n) is 3.71. The molecule has 0 aromatic heterocycles. The zero-order valence-corrected chi connectivity index (χ0v) is 10.1. The molecule has 5 heteroatoms. The molecule has 0 aliphatic rings. The van der Waals surface area contributed by atoms with Crippen molar-refractivity contribution < 1.29 is 13.9 Å². The molecule has 0 atom stereocenters. The molecule has 0 unspecified atom stereocenters. The largest absolute Gasteiger partial charge is 0.376 e. The van der Waals surface area contributed by atoms with E-state index < -0.39 is 11.7 Å². The Morgan fingerprint density at radius 3 is 2.94 bits per heavy atom. The number of ether oxygens (including phenoxy) is 1. The third-order valence-corrected chi connectivity index (χ3v) is 2.31. The third-order valence-electron chi connectivity index (χ3n) is 2.31. The van der Waals surface area contributed by atoms with Crippen LogP contribution in [0.15, 0.2) is 30.9 Å². The lowest BCUT2D eigenvalue weighted by molar-refractivity contribution is 0.1000. The van der Waals surface area contributed by atoms with Gasteiger partial charge in [-0.2, -0.15) is 0 Å². The van der Waals surface area contributed by atoms with Crippen LogP contribution in [-0.2, 0) is 11.3 Å². The highest BCUT2D eigenvalue weighted by molar-refractivity contribution is 5.92. The van der Waals surface area contributed by atoms with Gasteiger partial charge in [-0.1, -0.05) is 12.1 Å². The zero-order valence-electron chi connectivity index (χ0n) is 10.1. The maximum Gasteiger partial charge on any atom is 0.248 e. The summed E-state index contributed by atoms with van der Waals surface area (Å²) in [5, 5.41) is 3.03. The Hall–Kier alpha value is -1.72. The van der Waals surface area contributed by atoms with Crippen molar-refractivity contribution in [3.8, 4) is 0 Å². The van der Waals surface area contributed by atoms with Gasteiger partial charge in [0.2, 0.25) is 5.91 Å². The normalized spacial score (nSPS) is 10.3. The van der Waals surface area contributed by atoms with E-state index in [0.29, 0.717) is 31.9 Å². The molecule has 1 aromatic carbocycles. The molecule has 0 radical (unpaired) electrons. The monoisotopic (exact) mass is 252 g/mol. The van der Waals surface area contributed by atoms with Gasteiger partial charge in [0.15, 0.2) is 0 Å². The summed E-state index contributed by atoms with van der Waals surface area (Å²) in [6.45, 7) is 5.56. The smallest absolute Gasteiger partial charge is 0.248 e. The number of benzene rings is 1. The molecule has 4 nitrogen and oxygen atoms in total. The van der Waals surface area contributed by atoms with Crippen LogP contribution in [0, 0.1) is 5.82 Å². The van der Waals surface area contributed by atoms with E-state index in [1.165, 1.54) is 6.07 Å². The fraction of sp³-hybridized carbons (Fsp3) is 0.308. The van der Waals surface area contributed by atoms with E-state index in [1.807, 2.05) is 0 Å². The van der Waals surface area contributed by atoms with E-state index in [2.05, 4.69) is 11.9 Å². The second-order valence-corrected chi connectivity index (χ2v) is 3.71. The van der Waals surface area contributed by atoms with E-state index in [-0.39, 0.29) is 5.56 Å². The number of nitrogens with two attached hydrogens (primary N) is 1. The summed E-state index contributed by atoms with van der Waals surface area (Å²) in [4.78, 5) is 10.8. The number of hydrogen-bond donors (Lipinski definition) is 2. The number of primary amides is 1. The van der Waals surface area contributed by atoms with E-state index in [1.54, 1.807) is 12.1 Å². The summed E-state index contributed by atoms with van der Waals surface area (Å²) in [6, 6.07) is 4.21. The molecule has 0 saturated heterocycles. The molecule has 0 aliphatic heterocycles. The maximum atomic E-state index is 13.5. The van der Waals surface area contributed by atoms with Gasteiger partial charge in [-0.25, -0.2) is 4.39 Å². The van der Waals surface area contributed by atoms with Gasteiger partial charge in [0.25, 0.3) is 0 Å². The summed E-state index contributed by atoms with van der Waals surface area (Å²) in [5.41, 5.74) is 5.72. The first-order chi connectivity index (χ1) is 8.65. The van der Waals surface area contributed by atoms with Crippen LogP contribution in [0.4, 0.5) is 4.39 Å². The van der Waals surface area contributed by atoms with Crippen LogP contribution in [0.2, 0.25) is 0 Å². The van der Waals surface area contributed by atoms with E-state index >= 15 is 0 Å². The minimum Gasteiger partial charge on any atom is -0.376 e. The van der Waals surface area contributed by atoms with Crippen molar-refractivity contribution in [2.75, 3.05) is 19.8 Å². The third kappa shape index (κ3) is 4.65. The van der Waals surface area contributed by atoms with Crippen LogP contribution in [0.5, 0.6) is 0 Å². The number of hydrogen-bond acceptors (Lipinski definition) is 3. The Labute approximate surface area is 106 Å². The summed E-state index contributed by atoms with van der Waals surface area (Å²) in [7, 11) is 0. The number of rotatable bonds is 8. The van der Waals surface area contributed by atoms with Crippen molar-refractivity contribution in [3.05, 3.63) is 47.8 Å². The Bertz CT molecular complexity index is 421. The molecule has 0 aliphatic carbocycles. The predicted molar refractivity (Wildman–Crippen MR) is 67.6 cm³/mol. The molecule has 1 amide bonds. The van der Waals surface area contributed by atoms with Gasteiger partial charge < -0.3 is 15.8 Å². The molecule has 3 N–H and O–H groups in total. The van der Waals surface area contributed by atoms with Crippen molar-refractivity contribution in [2.24, 2.45) is 5.73 Å². The fourth-order valence-electron chi connectivity index (χ4n) is 1.38. The number of carbonyl (C=O) groups is 1. The highest BCUT2D eigenvalue weighted by Gasteiger charge is 2.06. The molecular formula is C13H17FN2O2. The molecule has 0 saturated carbocycles. The molecular weight excluding hydrogens is 235 g/mol. The van der Waals surface area contributed by atoms with Gasteiger partial charge in [-0.3, -0.25) is 4.79 Å². The maximum absolute atomic E-state index is 13.5. The fourth-order valence-corrected chi connectivity index (χ4v) is 1.38. The quantitative estimate of drug-likeness (QED) is 0.540. The molecule has 0 spiro atoms. The van der Waals surface area contributed by atoms with Crippen LogP contribution in [0.1, 0.15) is 15.9 Å². The minimum atomic E-state index is -0.633. The Balaban J connectivity index is 2.38. The number of halogens is 1. The molecule has 98 valence electrons. The molecule has 0 bridgehead atoms. The van der Waals surface area contributed by atoms with Crippen LogP contribution in [0.3, 0.4) is 0 Å². The highest BCUT2D eigenvalue weighted by atomic mass is 19.1. The highest BCUT2D eigenvalue weighted by Crippen LogP contribution is 2.09. The number of amides is 1. The van der Waals surface area contributed by atoms with Gasteiger partial charge in [-0.05, 0) is 12.1 Å². The van der Waals surface area contributed by atoms with Crippen LogP contribution in [-0.4, -0.2) is 25.7 Å². The van der Waals surface area contributed by atoms with E-state index in [4.69, 9.17) is 10.5 Å². The lowest BCUT2D eigenvalue weighted by atomic mass is 10.1. The Kier molecular flexibility index (Phi) is 6.04. The van der Waals surface area contributed by atoms with E-state index in [9.17, 15) is 9.18 Å². The second kappa shape index (κ2) is 7.58. The van der Waals surface area contributed by atoms with Crippen molar-refractivity contribution in [3.63, 3.8) is 0 Å². The first kappa shape index (κ1) is 14.3. The first-order valence-electron chi connectivity index (χ1n) is 5.62. The Morgan fingerprint density at radius 2 is 2.33 bits per heavy atom. The van der Waals surface area contributed by atoms with Crippen molar-refractivity contribution in [1.82, 2.24) is 5.32 Å². The van der Waals surface area contributed by atoms with Gasteiger partial charge >= 0.3 is 0 Å². The summed E-state index contributed by atoms with van der Waals surface area (Å²) < 4.78 is 18.7. The lowest BCUT2D eigenvalue weighted by Gasteiger charge is -2.07. The van der Waals surface area contributed by atoms with Crippen LogP contribution >= 0.6 is 0 Å². The lowest BCUT2D eigenvalue weighted by Crippen LogP contribution is -2.20. The topological polar surface area (TPSA) is 64.3 Å². The number of carbonyl (C=O) groups excluding carboxylic acids is 1. The van der Waals surface area contributed by atoms with Crippen molar-refractivity contribution >= 4 is 5.91 Å². The molecule has 1 rings (SSSR count). The van der Waals surface area contributed by atoms with Gasteiger partial charge in [0.05, 0.1) is 13.2 Å². The molecule has 18 heavy (non-hydrogen) atoms. The number of nitrogens with one attached hydrogen (secondary N) is 1. The van der Waals surface area contributed by atoms with Crippen molar-refractivity contribution in [1.29, 1.82) is 0 Å². The minimum absolute atomic E-state index is 0.172. The van der Waals surface area contributed by atoms with Gasteiger partial charge in [-0.15, -0.1) is 6.58 Å². The SMILES string of the molecule is C=CCOCCNCc1ccc(C(N)=O)cc1F. The standard InChI is InChI=1S/C13H17FN2O2/c1-2-6-18-7-5-16-9-11-4-3-10(13(15)17)8-12(11)14/h2-4,8,16H,1,5-7,9H2,(H2,15,17). The first-order valence-corrected chi connectivity index (χ1v) is 5.62. The molecule has 0 heterocycles. The van der Waals surface area contributed by atoms with Gasteiger partial charge in [0, 0.05) is 24.2 Å². The summed E-state index contributed by atoms with van der Waals surface area (Å²) >= 11 is 0. The summed E-state index contributed by atoms with van der Waals surface area (Å²) in [6.07, 6.45) is 1.67. The van der Waals surface area contributed by atoms with Gasteiger partial charge in [0.1, 0.15) is 5.82 Å². The Morgan fingerprint density at radius 1 is 1.56 bits per heavy atom. The molecule has 0 fully saturated rings. The average Bonchev–Trinajstić information content (AvgIpc) is 2.35. The summed E-state index contributed by atoms with van der Waals surface area (Å²) in [5.74, 6) is -1.07.